The van der Waals surface area contributed by atoms with Gasteiger partial charge in [0.2, 0.25) is 0 Å². The van der Waals surface area contributed by atoms with E-state index < -0.39 is 23.7 Å². The molecule has 2 N–H and O–H groups in total. The summed E-state index contributed by atoms with van der Waals surface area (Å²) in [5, 5.41) is 11.4. The Morgan fingerprint density at radius 2 is 2.11 bits per heavy atom. The van der Waals surface area contributed by atoms with Crippen LogP contribution in [0.2, 0.25) is 0 Å². The van der Waals surface area contributed by atoms with Crippen LogP contribution in [0.4, 0.5) is 4.79 Å². The number of rotatable bonds is 4. The maximum atomic E-state index is 11.7. The largest absolute Gasteiger partial charge is 0.481 e. The molecule has 6 nitrogen and oxygen atoms in total. The minimum atomic E-state index is -1.03. The van der Waals surface area contributed by atoms with E-state index in [-0.39, 0.29) is 6.42 Å². The molecule has 106 valence electrons. The number of carboxylic acid groups (broad SMARTS) is 1. The highest BCUT2D eigenvalue weighted by Gasteiger charge is 2.24. The second kappa shape index (κ2) is 5.77. The van der Waals surface area contributed by atoms with E-state index >= 15 is 0 Å². The Labute approximate surface area is 111 Å². The zero-order valence-electron chi connectivity index (χ0n) is 11.5. The summed E-state index contributed by atoms with van der Waals surface area (Å²) in [5.74, 6) is -0.638. The highest BCUT2D eigenvalue weighted by Crippen LogP contribution is 2.20. The van der Waals surface area contributed by atoms with Gasteiger partial charge in [0.15, 0.2) is 0 Å². The Hall–Kier alpha value is -1.98. The van der Waals surface area contributed by atoms with Crippen LogP contribution in [0, 0.1) is 6.92 Å². The molecule has 0 unspecified atom stereocenters. The van der Waals surface area contributed by atoms with Gasteiger partial charge in [0, 0.05) is 0 Å². The lowest BCUT2D eigenvalue weighted by Crippen LogP contribution is -2.35. The molecular formula is C13H19NO5. The van der Waals surface area contributed by atoms with E-state index in [0.717, 1.165) is 5.56 Å². The molecule has 0 fully saturated rings. The van der Waals surface area contributed by atoms with Crippen molar-refractivity contribution in [2.45, 2.75) is 45.8 Å². The lowest BCUT2D eigenvalue weighted by Gasteiger charge is -2.22. The summed E-state index contributed by atoms with van der Waals surface area (Å²) in [5.41, 5.74) is 0.216. The second-order valence-electron chi connectivity index (χ2n) is 5.32. The van der Waals surface area contributed by atoms with E-state index in [9.17, 15) is 9.59 Å². The first-order chi connectivity index (χ1) is 8.67. The summed E-state index contributed by atoms with van der Waals surface area (Å²) >= 11 is 0. The molecule has 0 bridgehead atoms. The van der Waals surface area contributed by atoms with Crippen molar-refractivity contribution in [2.75, 3.05) is 0 Å². The summed E-state index contributed by atoms with van der Waals surface area (Å²) in [6.07, 6.45) is 0.556. The normalized spacial score (nSPS) is 12.8. The average Bonchev–Trinajstić information content (AvgIpc) is 2.60. The minimum Gasteiger partial charge on any atom is -0.481 e. The Balaban J connectivity index is 2.76. The second-order valence-corrected chi connectivity index (χ2v) is 5.32. The third-order valence-corrected chi connectivity index (χ3v) is 2.16. The number of carbonyl (C=O) groups is 2. The standard InChI is InChI=1S/C13H19NO5/c1-8-5-10(18-7-8)9(6-11(15)16)14-12(17)19-13(2,3)4/h5,7,9H,6H2,1-4H3,(H,14,17)(H,15,16)/t9-/m0/s1. The van der Waals surface area contributed by atoms with E-state index in [2.05, 4.69) is 5.32 Å². The van der Waals surface area contributed by atoms with E-state index in [4.69, 9.17) is 14.3 Å². The fourth-order valence-electron chi connectivity index (χ4n) is 1.48. The van der Waals surface area contributed by atoms with E-state index in [1.54, 1.807) is 26.8 Å². The molecule has 1 heterocycles. The lowest BCUT2D eigenvalue weighted by atomic mass is 10.1. The molecule has 0 aliphatic carbocycles. The van der Waals surface area contributed by atoms with Crippen LogP contribution >= 0.6 is 0 Å². The predicted molar refractivity (Wildman–Crippen MR) is 67.8 cm³/mol. The third kappa shape index (κ3) is 5.46. The number of ether oxygens (including phenoxy) is 1. The number of hydrogen-bond donors (Lipinski definition) is 2. The van der Waals surface area contributed by atoms with Crippen LogP contribution in [0.3, 0.4) is 0 Å². The molecule has 1 atom stereocenters. The van der Waals surface area contributed by atoms with Crippen LogP contribution in [0.5, 0.6) is 0 Å². The summed E-state index contributed by atoms with van der Waals surface area (Å²) in [7, 11) is 0. The first-order valence-electron chi connectivity index (χ1n) is 5.94. The van der Waals surface area contributed by atoms with Crippen LogP contribution in [0.25, 0.3) is 0 Å². The van der Waals surface area contributed by atoms with Gasteiger partial charge in [0.1, 0.15) is 17.4 Å². The molecule has 1 amide bonds. The van der Waals surface area contributed by atoms with Crippen molar-refractivity contribution in [3.05, 3.63) is 23.7 Å². The zero-order chi connectivity index (χ0) is 14.6. The van der Waals surface area contributed by atoms with Gasteiger partial charge in [-0.2, -0.15) is 0 Å². The maximum Gasteiger partial charge on any atom is 0.408 e. The summed E-state index contributed by atoms with van der Waals surface area (Å²) in [6.45, 7) is 7.01. The van der Waals surface area contributed by atoms with Gasteiger partial charge in [-0.3, -0.25) is 4.79 Å². The SMILES string of the molecule is Cc1coc([C@H](CC(=O)O)NC(=O)OC(C)(C)C)c1. The predicted octanol–water partition coefficient (Wildman–Crippen LogP) is 2.63. The molecule has 1 rings (SSSR count). The number of nitrogens with one attached hydrogen (secondary N) is 1. The highest BCUT2D eigenvalue weighted by atomic mass is 16.6. The average molecular weight is 269 g/mol. The zero-order valence-corrected chi connectivity index (χ0v) is 11.5. The smallest absolute Gasteiger partial charge is 0.408 e. The molecule has 0 saturated heterocycles. The number of hydrogen-bond acceptors (Lipinski definition) is 4. The minimum absolute atomic E-state index is 0.272. The van der Waals surface area contributed by atoms with Gasteiger partial charge in [-0.15, -0.1) is 0 Å². The molecule has 6 heteroatoms. The molecule has 0 aliphatic rings. The number of alkyl carbamates (subject to hydrolysis) is 1. The quantitative estimate of drug-likeness (QED) is 0.877. The maximum absolute atomic E-state index is 11.7. The van der Waals surface area contributed by atoms with Crippen LogP contribution in [0.1, 0.15) is 44.6 Å². The third-order valence-electron chi connectivity index (χ3n) is 2.16. The number of aryl methyl sites for hydroxylation is 1. The Bertz CT molecular complexity index is 458. The van der Waals surface area contributed by atoms with Gasteiger partial charge >= 0.3 is 12.1 Å². The number of amides is 1. The first kappa shape index (κ1) is 15.1. The van der Waals surface area contributed by atoms with Crippen molar-refractivity contribution in [1.82, 2.24) is 5.32 Å². The van der Waals surface area contributed by atoms with Gasteiger partial charge < -0.3 is 19.6 Å². The van der Waals surface area contributed by atoms with Crippen molar-refractivity contribution in [1.29, 1.82) is 0 Å². The first-order valence-corrected chi connectivity index (χ1v) is 5.94. The molecule has 19 heavy (non-hydrogen) atoms. The van der Waals surface area contributed by atoms with E-state index in [1.807, 2.05) is 6.92 Å². The molecule has 0 aromatic carbocycles. The van der Waals surface area contributed by atoms with E-state index in [1.165, 1.54) is 6.26 Å². The molecule has 0 aliphatic heterocycles. The number of carbonyl (C=O) groups excluding carboxylic acids is 1. The molecule has 1 aromatic rings. The topological polar surface area (TPSA) is 88.8 Å². The van der Waals surface area contributed by atoms with Crippen molar-refractivity contribution >= 4 is 12.1 Å². The van der Waals surface area contributed by atoms with Crippen molar-refractivity contribution < 1.29 is 23.8 Å². The van der Waals surface area contributed by atoms with Gasteiger partial charge in [-0.05, 0) is 39.3 Å². The van der Waals surface area contributed by atoms with E-state index in [0.29, 0.717) is 5.76 Å². The summed E-state index contributed by atoms with van der Waals surface area (Å²) in [6, 6.07) is 0.936. The monoisotopic (exact) mass is 269 g/mol. The van der Waals surface area contributed by atoms with Crippen molar-refractivity contribution in [3.8, 4) is 0 Å². The van der Waals surface area contributed by atoms with Crippen LogP contribution < -0.4 is 5.32 Å². The molecule has 0 saturated carbocycles. The van der Waals surface area contributed by atoms with Gasteiger partial charge in [-0.25, -0.2) is 4.79 Å². The number of carboxylic acids is 1. The molecular weight excluding hydrogens is 250 g/mol. The fourth-order valence-corrected chi connectivity index (χ4v) is 1.48. The Morgan fingerprint density at radius 1 is 1.47 bits per heavy atom. The van der Waals surface area contributed by atoms with Crippen LogP contribution in [-0.2, 0) is 9.53 Å². The van der Waals surface area contributed by atoms with Crippen LogP contribution in [-0.4, -0.2) is 22.8 Å². The van der Waals surface area contributed by atoms with Crippen molar-refractivity contribution in [3.63, 3.8) is 0 Å². The van der Waals surface area contributed by atoms with Gasteiger partial charge in [-0.1, -0.05) is 0 Å². The van der Waals surface area contributed by atoms with Gasteiger partial charge in [0.05, 0.1) is 12.7 Å². The number of furan rings is 1. The molecule has 1 aromatic heterocycles. The molecule has 0 radical (unpaired) electrons. The highest BCUT2D eigenvalue weighted by molar-refractivity contribution is 5.71. The summed E-state index contributed by atoms with van der Waals surface area (Å²) in [4.78, 5) is 22.5. The Kier molecular flexibility index (Phi) is 4.58. The fraction of sp³-hybridized carbons (Fsp3) is 0.538. The summed E-state index contributed by atoms with van der Waals surface area (Å²) < 4.78 is 10.3. The van der Waals surface area contributed by atoms with Crippen molar-refractivity contribution in [2.24, 2.45) is 0 Å². The number of aliphatic carboxylic acids is 1. The lowest BCUT2D eigenvalue weighted by molar-refractivity contribution is -0.137. The molecule has 0 spiro atoms. The Morgan fingerprint density at radius 3 is 2.53 bits per heavy atom. The van der Waals surface area contributed by atoms with Crippen LogP contribution in [0.15, 0.2) is 16.7 Å². The van der Waals surface area contributed by atoms with Gasteiger partial charge in [0.25, 0.3) is 0 Å².